The minimum absolute atomic E-state index is 0.0759. The predicted molar refractivity (Wildman–Crippen MR) is 83.9 cm³/mol. The van der Waals surface area contributed by atoms with Crippen LogP contribution in [0.2, 0.25) is 5.02 Å². The van der Waals surface area contributed by atoms with E-state index in [-0.39, 0.29) is 18.0 Å². The number of hydrogen-bond donors (Lipinski definition) is 1. The maximum atomic E-state index is 12.1. The van der Waals surface area contributed by atoms with Gasteiger partial charge in [0.1, 0.15) is 11.4 Å². The molecule has 22 heavy (non-hydrogen) atoms. The number of nitro groups is 1. The highest BCUT2D eigenvalue weighted by molar-refractivity contribution is 6.32. The van der Waals surface area contributed by atoms with Crippen LogP contribution >= 0.6 is 11.6 Å². The Kier molecular flexibility index (Phi) is 4.95. The lowest BCUT2D eigenvalue weighted by Crippen LogP contribution is -2.14. The third kappa shape index (κ3) is 3.53. The van der Waals surface area contributed by atoms with Gasteiger partial charge in [-0.1, -0.05) is 23.7 Å². The number of nitro benzene ring substituents is 1. The number of rotatable bonds is 6. The molecule has 0 heterocycles. The fourth-order valence-electron chi connectivity index (χ4n) is 1.90. The second kappa shape index (κ2) is 6.91. The van der Waals surface area contributed by atoms with Crippen LogP contribution in [0.15, 0.2) is 42.5 Å². The standard InChI is InChI=1S/C15H13ClN2O4/c1-22-15-7-6-10(8-11(15)16)14(19)9-17-12-4-2-3-5-13(12)18(20)21/h2-8,17H,9H2,1H3. The van der Waals surface area contributed by atoms with Gasteiger partial charge in [0.05, 0.1) is 23.6 Å². The predicted octanol–water partition coefficient (Wildman–Crippen LogP) is 3.55. The number of ether oxygens (including phenoxy) is 1. The molecule has 0 unspecified atom stereocenters. The van der Waals surface area contributed by atoms with Crippen molar-refractivity contribution in [2.24, 2.45) is 0 Å². The zero-order valence-corrected chi connectivity index (χ0v) is 12.5. The molecule has 6 nitrogen and oxygen atoms in total. The number of carbonyl (C=O) groups is 1. The summed E-state index contributed by atoms with van der Waals surface area (Å²) >= 11 is 5.97. The van der Waals surface area contributed by atoms with Crippen LogP contribution in [0.5, 0.6) is 5.75 Å². The van der Waals surface area contributed by atoms with E-state index in [4.69, 9.17) is 16.3 Å². The van der Waals surface area contributed by atoms with E-state index < -0.39 is 4.92 Å². The monoisotopic (exact) mass is 320 g/mol. The molecular formula is C15H13ClN2O4. The fourth-order valence-corrected chi connectivity index (χ4v) is 2.16. The van der Waals surface area contributed by atoms with Gasteiger partial charge in [-0.25, -0.2) is 0 Å². The molecule has 114 valence electrons. The summed E-state index contributed by atoms with van der Waals surface area (Å²) in [4.78, 5) is 22.5. The second-order valence-electron chi connectivity index (χ2n) is 4.40. The van der Waals surface area contributed by atoms with E-state index >= 15 is 0 Å². The molecule has 2 rings (SSSR count). The number of hydrogen-bond acceptors (Lipinski definition) is 5. The average Bonchev–Trinajstić information content (AvgIpc) is 2.52. The number of anilines is 1. The Labute approximate surface area is 131 Å². The molecule has 1 N–H and O–H groups in total. The lowest BCUT2D eigenvalue weighted by Gasteiger charge is -2.08. The highest BCUT2D eigenvalue weighted by Gasteiger charge is 2.14. The van der Waals surface area contributed by atoms with Crippen molar-refractivity contribution in [1.82, 2.24) is 0 Å². The van der Waals surface area contributed by atoms with Gasteiger partial charge in [0.2, 0.25) is 0 Å². The van der Waals surface area contributed by atoms with Crippen LogP contribution in [0.25, 0.3) is 0 Å². The van der Waals surface area contributed by atoms with Crippen LogP contribution in [-0.2, 0) is 0 Å². The summed E-state index contributed by atoms with van der Waals surface area (Å²) in [6.07, 6.45) is 0. The van der Waals surface area contributed by atoms with Gasteiger partial charge < -0.3 is 10.1 Å². The molecule has 0 aromatic heterocycles. The van der Waals surface area contributed by atoms with Crippen LogP contribution in [-0.4, -0.2) is 24.4 Å². The van der Waals surface area contributed by atoms with Crippen LogP contribution in [0.3, 0.4) is 0 Å². The molecule has 0 amide bonds. The van der Waals surface area contributed by atoms with Gasteiger partial charge >= 0.3 is 0 Å². The Morgan fingerprint density at radius 3 is 2.68 bits per heavy atom. The number of benzene rings is 2. The van der Waals surface area contributed by atoms with Crippen molar-refractivity contribution in [2.45, 2.75) is 0 Å². The molecule has 0 fully saturated rings. The molecular weight excluding hydrogens is 308 g/mol. The maximum Gasteiger partial charge on any atom is 0.292 e. The topological polar surface area (TPSA) is 81.5 Å². The van der Waals surface area contributed by atoms with Gasteiger partial charge in [0.15, 0.2) is 5.78 Å². The highest BCUT2D eigenvalue weighted by atomic mass is 35.5. The zero-order valence-electron chi connectivity index (χ0n) is 11.7. The molecule has 0 saturated heterocycles. The second-order valence-corrected chi connectivity index (χ2v) is 4.81. The summed E-state index contributed by atoms with van der Waals surface area (Å²) in [5, 5.41) is 14.0. The van der Waals surface area contributed by atoms with Crippen molar-refractivity contribution < 1.29 is 14.5 Å². The van der Waals surface area contributed by atoms with E-state index in [0.29, 0.717) is 22.0 Å². The molecule has 0 aliphatic heterocycles. The molecule has 2 aromatic rings. The van der Waals surface area contributed by atoms with Crippen LogP contribution in [0.4, 0.5) is 11.4 Å². The van der Waals surface area contributed by atoms with Crippen molar-refractivity contribution in [3.8, 4) is 5.75 Å². The van der Waals surface area contributed by atoms with Crippen molar-refractivity contribution in [3.05, 3.63) is 63.2 Å². The number of Topliss-reactive ketones (excluding diaryl/α,β-unsaturated/α-hetero) is 1. The maximum absolute atomic E-state index is 12.1. The van der Waals surface area contributed by atoms with E-state index in [2.05, 4.69) is 5.32 Å². The summed E-state index contributed by atoms with van der Waals surface area (Å²) in [6.45, 7) is -0.0759. The number of carbonyl (C=O) groups excluding carboxylic acids is 1. The van der Waals surface area contributed by atoms with Gasteiger partial charge in [-0.3, -0.25) is 14.9 Å². The van der Waals surface area contributed by atoms with E-state index in [1.165, 1.54) is 19.2 Å². The van der Waals surface area contributed by atoms with E-state index in [1.807, 2.05) is 0 Å². The average molecular weight is 321 g/mol. The van der Waals surface area contributed by atoms with Crippen LogP contribution in [0, 0.1) is 10.1 Å². The first kappa shape index (κ1) is 15.8. The van der Waals surface area contributed by atoms with Gasteiger partial charge in [-0.2, -0.15) is 0 Å². The molecule has 0 spiro atoms. The number of methoxy groups -OCH3 is 1. The number of para-hydroxylation sites is 2. The fraction of sp³-hybridized carbons (Fsp3) is 0.133. The zero-order chi connectivity index (χ0) is 16.1. The normalized spacial score (nSPS) is 10.1. The summed E-state index contributed by atoms with van der Waals surface area (Å²) < 4.78 is 5.02. The summed E-state index contributed by atoms with van der Waals surface area (Å²) in [6, 6.07) is 10.8. The highest BCUT2D eigenvalue weighted by Crippen LogP contribution is 2.26. The minimum Gasteiger partial charge on any atom is -0.495 e. The number of ketones is 1. The summed E-state index contributed by atoms with van der Waals surface area (Å²) in [5.74, 6) is 0.243. The molecule has 0 aliphatic carbocycles. The molecule has 2 aromatic carbocycles. The van der Waals surface area contributed by atoms with Gasteiger partial charge in [-0.05, 0) is 24.3 Å². The molecule has 7 heteroatoms. The van der Waals surface area contributed by atoms with Gasteiger partial charge in [0.25, 0.3) is 5.69 Å². The molecule has 0 bridgehead atoms. The van der Waals surface area contributed by atoms with Crippen molar-refractivity contribution in [1.29, 1.82) is 0 Å². The number of nitrogens with one attached hydrogen (secondary N) is 1. The largest absolute Gasteiger partial charge is 0.495 e. The van der Waals surface area contributed by atoms with E-state index in [0.717, 1.165) is 0 Å². The van der Waals surface area contributed by atoms with E-state index in [1.54, 1.807) is 30.3 Å². The summed E-state index contributed by atoms with van der Waals surface area (Å²) in [5.41, 5.74) is 0.611. The SMILES string of the molecule is COc1ccc(C(=O)CNc2ccccc2[N+](=O)[O-])cc1Cl. The molecule has 0 saturated carbocycles. The Morgan fingerprint density at radius 1 is 1.32 bits per heavy atom. The smallest absolute Gasteiger partial charge is 0.292 e. The van der Waals surface area contributed by atoms with Gasteiger partial charge in [0, 0.05) is 11.6 Å². The first-order chi connectivity index (χ1) is 10.5. The Bertz CT molecular complexity index is 718. The number of nitrogens with zero attached hydrogens (tertiary/aromatic N) is 1. The van der Waals surface area contributed by atoms with Crippen LogP contribution in [0.1, 0.15) is 10.4 Å². The number of halogens is 1. The first-order valence-corrected chi connectivity index (χ1v) is 6.74. The van der Waals surface area contributed by atoms with Crippen molar-refractivity contribution in [2.75, 3.05) is 19.0 Å². The lowest BCUT2D eigenvalue weighted by molar-refractivity contribution is -0.383. The Morgan fingerprint density at radius 2 is 2.05 bits per heavy atom. The van der Waals surface area contributed by atoms with Gasteiger partial charge in [-0.15, -0.1) is 0 Å². The Balaban J connectivity index is 2.10. The molecule has 0 aliphatic rings. The first-order valence-electron chi connectivity index (χ1n) is 6.37. The lowest BCUT2D eigenvalue weighted by atomic mass is 10.1. The van der Waals surface area contributed by atoms with Crippen molar-refractivity contribution >= 4 is 28.8 Å². The Hall–Kier alpha value is -2.60. The van der Waals surface area contributed by atoms with Crippen LogP contribution < -0.4 is 10.1 Å². The summed E-state index contributed by atoms with van der Waals surface area (Å²) in [7, 11) is 1.48. The van der Waals surface area contributed by atoms with Crippen molar-refractivity contribution in [3.63, 3.8) is 0 Å². The molecule has 0 radical (unpaired) electrons. The minimum atomic E-state index is -0.503. The third-order valence-corrected chi connectivity index (χ3v) is 3.31. The molecule has 0 atom stereocenters. The quantitative estimate of drug-likeness (QED) is 0.500. The third-order valence-electron chi connectivity index (χ3n) is 3.01. The van der Waals surface area contributed by atoms with E-state index in [9.17, 15) is 14.9 Å².